The van der Waals surface area contributed by atoms with E-state index < -0.39 is 0 Å². The van der Waals surface area contributed by atoms with Gasteiger partial charge in [-0.05, 0) is 25.8 Å². The average Bonchev–Trinajstić information content (AvgIpc) is 2.37. The first-order valence-corrected chi connectivity index (χ1v) is 6.23. The number of anilines is 1. The summed E-state index contributed by atoms with van der Waals surface area (Å²) in [6.07, 6.45) is 2.57. The maximum absolute atomic E-state index is 12.1. The molecular weight excluding hydrogens is 228 g/mol. The van der Waals surface area contributed by atoms with Crippen LogP contribution >= 0.6 is 0 Å². The number of aryl methyl sites for hydroxylation is 1. The van der Waals surface area contributed by atoms with E-state index in [0.29, 0.717) is 17.2 Å². The fourth-order valence-corrected chi connectivity index (χ4v) is 1.64. The highest BCUT2D eigenvalue weighted by atomic mass is 16.1. The van der Waals surface area contributed by atoms with Crippen molar-refractivity contribution in [3.8, 4) is 0 Å². The summed E-state index contributed by atoms with van der Waals surface area (Å²) >= 11 is 0. The monoisotopic (exact) mass is 250 g/mol. The van der Waals surface area contributed by atoms with Gasteiger partial charge in [0.05, 0.1) is 11.3 Å². The molecule has 1 heterocycles. The summed E-state index contributed by atoms with van der Waals surface area (Å²) in [5, 5.41) is 2.97. The van der Waals surface area contributed by atoms with Crippen LogP contribution in [0.15, 0.2) is 12.3 Å². The largest absolute Gasteiger partial charge is 0.349 e. The zero-order valence-corrected chi connectivity index (χ0v) is 11.4. The minimum Gasteiger partial charge on any atom is -0.349 e. The number of nitrogens with one attached hydrogen (secondary N) is 2. The molecule has 0 bridgehead atoms. The average molecular weight is 250 g/mol. The Bertz CT molecular complexity index is 419. The first kappa shape index (κ1) is 14.4. The summed E-state index contributed by atoms with van der Waals surface area (Å²) < 4.78 is 0. The second-order valence-corrected chi connectivity index (χ2v) is 4.66. The van der Waals surface area contributed by atoms with Gasteiger partial charge < -0.3 is 10.7 Å². The molecule has 100 valence electrons. The number of rotatable bonds is 5. The van der Waals surface area contributed by atoms with Crippen LogP contribution in [0.5, 0.6) is 0 Å². The lowest BCUT2D eigenvalue weighted by Gasteiger charge is -2.20. The number of aromatic nitrogens is 1. The van der Waals surface area contributed by atoms with E-state index in [9.17, 15) is 4.79 Å². The third kappa shape index (κ3) is 3.43. The van der Waals surface area contributed by atoms with E-state index in [1.807, 2.05) is 13.8 Å². The van der Waals surface area contributed by atoms with Crippen molar-refractivity contribution in [3.63, 3.8) is 0 Å². The number of hydrogen-bond donors (Lipinski definition) is 3. The topological polar surface area (TPSA) is 80.0 Å². The van der Waals surface area contributed by atoms with Crippen LogP contribution in [0.4, 0.5) is 5.69 Å². The Morgan fingerprint density at radius 1 is 1.50 bits per heavy atom. The molecule has 0 spiro atoms. The summed E-state index contributed by atoms with van der Waals surface area (Å²) in [6.45, 7) is 8.07. The second-order valence-electron chi connectivity index (χ2n) is 4.66. The molecule has 1 aromatic rings. The molecule has 0 saturated carbocycles. The lowest BCUT2D eigenvalue weighted by atomic mass is 10.0. The van der Waals surface area contributed by atoms with Crippen molar-refractivity contribution >= 4 is 11.6 Å². The van der Waals surface area contributed by atoms with Crippen LogP contribution in [0.3, 0.4) is 0 Å². The molecule has 1 rings (SSSR count). The first-order chi connectivity index (χ1) is 8.49. The number of nitrogens with two attached hydrogens (primary N) is 1. The lowest BCUT2D eigenvalue weighted by molar-refractivity contribution is 0.0928. The van der Waals surface area contributed by atoms with E-state index in [1.54, 1.807) is 12.3 Å². The summed E-state index contributed by atoms with van der Waals surface area (Å²) in [4.78, 5) is 16.2. The number of nitrogen functional groups attached to an aromatic ring is 1. The van der Waals surface area contributed by atoms with Crippen molar-refractivity contribution in [3.05, 3.63) is 23.5 Å². The molecule has 1 amide bonds. The van der Waals surface area contributed by atoms with Crippen molar-refractivity contribution in [2.24, 2.45) is 11.8 Å². The molecule has 4 N–H and O–H groups in total. The maximum Gasteiger partial charge on any atom is 0.255 e. The molecule has 18 heavy (non-hydrogen) atoms. The van der Waals surface area contributed by atoms with Crippen LogP contribution in [-0.2, 0) is 0 Å². The quantitative estimate of drug-likeness (QED) is 0.550. The number of nitrogens with zero attached hydrogens (tertiary/aromatic N) is 1. The fourth-order valence-electron chi connectivity index (χ4n) is 1.64. The zero-order valence-electron chi connectivity index (χ0n) is 11.4. The summed E-state index contributed by atoms with van der Waals surface area (Å²) in [6, 6.07) is 1.87. The van der Waals surface area contributed by atoms with E-state index in [4.69, 9.17) is 5.84 Å². The molecule has 2 atom stereocenters. The number of hydrogen-bond acceptors (Lipinski definition) is 4. The van der Waals surface area contributed by atoms with Gasteiger partial charge in [0.1, 0.15) is 0 Å². The molecule has 0 aliphatic heterocycles. The number of carbonyl (C=O) groups excluding carboxylic acids is 1. The minimum absolute atomic E-state index is 0.120. The van der Waals surface area contributed by atoms with Crippen LogP contribution < -0.4 is 16.6 Å². The Balaban J connectivity index is 2.84. The highest BCUT2D eigenvalue weighted by molar-refractivity contribution is 5.99. The van der Waals surface area contributed by atoms with Crippen LogP contribution in [0.25, 0.3) is 0 Å². The van der Waals surface area contributed by atoms with Crippen LogP contribution in [0.2, 0.25) is 0 Å². The molecule has 0 fully saturated rings. The van der Waals surface area contributed by atoms with Crippen LogP contribution in [0, 0.1) is 12.8 Å². The van der Waals surface area contributed by atoms with Gasteiger partial charge in [-0.1, -0.05) is 20.3 Å². The van der Waals surface area contributed by atoms with E-state index in [1.165, 1.54) is 0 Å². The van der Waals surface area contributed by atoms with E-state index in [0.717, 1.165) is 12.1 Å². The zero-order chi connectivity index (χ0) is 13.7. The van der Waals surface area contributed by atoms with Gasteiger partial charge in [0, 0.05) is 17.9 Å². The minimum atomic E-state index is -0.150. The van der Waals surface area contributed by atoms with Crippen LogP contribution in [-0.4, -0.2) is 16.9 Å². The van der Waals surface area contributed by atoms with Crippen molar-refractivity contribution in [1.29, 1.82) is 0 Å². The predicted octanol–water partition coefficient (Wildman–Crippen LogP) is 1.84. The highest BCUT2D eigenvalue weighted by Gasteiger charge is 2.17. The van der Waals surface area contributed by atoms with Crippen molar-refractivity contribution in [1.82, 2.24) is 10.3 Å². The third-order valence-electron chi connectivity index (χ3n) is 3.30. The molecule has 5 nitrogen and oxygen atoms in total. The Morgan fingerprint density at radius 2 is 2.17 bits per heavy atom. The number of hydrazine groups is 1. The van der Waals surface area contributed by atoms with Gasteiger partial charge in [-0.25, -0.2) is 0 Å². The fraction of sp³-hybridized carbons (Fsp3) is 0.538. The Labute approximate surface area is 108 Å². The van der Waals surface area contributed by atoms with Crippen molar-refractivity contribution in [2.45, 2.75) is 40.2 Å². The SMILES string of the molecule is CCC(C)C(C)NC(=O)c1cnc(C)cc1NN. The van der Waals surface area contributed by atoms with E-state index in [2.05, 4.69) is 29.6 Å². The predicted molar refractivity (Wildman–Crippen MR) is 73.2 cm³/mol. The number of amides is 1. The standard InChI is InChI=1S/C13H22N4O/c1-5-8(2)10(4)16-13(18)11-7-15-9(3)6-12(11)17-14/h6-8,10H,5,14H2,1-4H3,(H,15,17)(H,16,18). The first-order valence-electron chi connectivity index (χ1n) is 6.23. The summed E-state index contributed by atoms with van der Waals surface area (Å²) in [5.74, 6) is 5.70. The Kier molecular flexibility index (Phi) is 5.09. The third-order valence-corrected chi connectivity index (χ3v) is 3.30. The van der Waals surface area contributed by atoms with Gasteiger partial charge in [0.2, 0.25) is 0 Å². The molecular formula is C13H22N4O. The molecule has 0 radical (unpaired) electrons. The number of carbonyl (C=O) groups is 1. The highest BCUT2D eigenvalue weighted by Crippen LogP contribution is 2.15. The smallest absolute Gasteiger partial charge is 0.255 e. The van der Waals surface area contributed by atoms with Crippen molar-refractivity contribution in [2.75, 3.05) is 5.43 Å². The molecule has 5 heteroatoms. The van der Waals surface area contributed by atoms with Crippen LogP contribution in [0.1, 0.15) is 43.2 Å². The molecule has 1 aromatic heterocycles. The van der Waals surface area contributed by atoms with Gasteiger partial charge in [-0.15, -0.1) is 0 Å². The molecule has 0 saturated heterocycles. The van der Waals surface area contributed by atoms with Gasteiger partial charge in [-0.2, -0.15) is 0 Å². The van der Waals surface area contributed by atoms with Gasteiger partial charge in [-0.3, -0.25) is 15.6 Å². The molecule has 0 aromatic carbocycles. The summed E-state index contributed by atoms with van der Waals surface area (Å²) in [7, 11) is 0. The van der Waals surface area contributed by atoms with Gasteiger partial charge in [0.15, 0.2) is 0 Å². The molecule has 0 aliphatic carbocycles. The van der Waals surface area contributed by atoms with Gasteiger partial charge in [0.25, 0.3) is 5.91 Å². The summed E-state index contributed by atoms with van der Waals surface area (Å²) in [5.41, 5.74) is 4.41. The van der Waals surface area contributed by atoms with Gasteiger partial charge >= 0.3 is 0 Å². The molecule has 0 aliphatic rings. The second kappa shape index (κ2) is 6.35. The molecule has 2 unspecified atom stereocenters. The maximum atomic E-state index is 12.1. The van der Waals surface area contributed by atoms with E-state index in [-0.39, 0.29) is 11.9 Å². The van der Waals surface area contributed by atoms with Crippen molar-refractivity contribution < 1.29 is 4.79 Å². The Morgan fingerprint density at radius 3 is 2.72 bits per heavy atom. The lowest BCUT2D eigenvalue weighted by Crippen LogP contribution is -2.37. The van der Waals surface area contributed by atoms with E-state index >= 15 is 0 Å². The normalized spacial score (nSPS) is 13.8. The Hall–Kier alpha value is -1.62. The number of pyridine rings is 1.